The van der Waals surface area contributed by atoms with E-state index in [9.17, 15) is 0 Å². The first-order chi connectivity index (χ1) is 5.77. The summed E-state index contributed by atoms with van der Waals surface area (Å²) in [7, 11) is 0. The molecule has 12 heavy (non-hydrogen) atoms. The first kappa shape index (κ1) is 9.33. The molecule has 0 N–H and O–H groups in total. The van der Waals surface area contributed by atoms with Crippen molar-refractivity contribution >= 4 is 17.7 Å². The summed E-state index contributed by atoms with van der Waals surface area (Å²) in [5, 5.41) is 0. The van der Waals surface area contributed by atoms with Crippen molar-refractivity contribution in [2.75, 3.05) is 5.88 Å². The summed E-state index contributed by atoms with van der Waals surface area (Å²) in [6, 6.07) is 0. The highest BCUT2D eigenvalue weighted by Gasteiger charge is 1.96. The summed E-state index contributed by atoms with van der Waals surface area (Å²) in [6.07, 6.45) is 5.73. The molecule has 0 bridgehead atoms. The zero-order valence-electron chi connectivity index (χ0n) is 7.42. The number of aryl methyl sites for hydroxylation is 1. The Balaban J connectivity index is 2.87. The van der Waals surface area contributed by atoms with E-state index in [0.717, 1.165) is 17.8 Å². The van der Waals surface area contributed by atoms with Gasteiger partial charge in [-0.15, -0.1) is 11.6 Å². The molecule has 3 heteroatoms. The summed E-state index contributed by atoms with van der Waals surface area (Å²) in [4.78, 5) is 4.06. The number of nitrogens with zero attached hydrogens (tertiary/aromatic N) is 2. The normalized spacial score (nSPS) is 12.1. The minimum atomic E-state index is 0.578. The molecule has 0 fully saturated rings. The van der Waals surface area contributed by atoms with Crippen LogP contribution in [0.1, 0.15) is 19.5 Å². The molecule has 0 unspecified atom stereocenters. The highest BCUT2D eigenvalue weighted by atomic mass is 35.5. The first-order valence-corrected chi connectivity index (χ1v) is 4.54. The van der Waals surface area contributed by atoms with Crippen LogP contribution in [0.15, 0.2) is 18.1 Å². The van der Waals surface area contributed by atoms with Gasteiger partial charge < -0.3 is 4.57 Å². The SMILES string of the molecule is CCn1cncc1C=C(C)CCl. The number of rotatable bonds is 3. The summed E-state index contributed by atoms with van der Waals surface area (Å²) < 4.78 is 2.08. The molecule has 1 aromatic rings. The lowest BCUT2D eigenvalue weighted by Gasteiger charge is -2.00. The van der Waals surface area contributed by atoms with E-state index in [0.29, 0.717) is 5.88 Å². The standard InChI is InChI=1S/C9H13ClN2/c1-3-12-7-11-6-9(12)4-8(2)5-10/h4,6-7H,3,5H2,1-2H3. The topological polar surface area (TPSA) is 17.8 Å². The van der Waals surface area contributed by atoms with Crippen LogP contribution in [-0.4, -0.2) is 15.4 Å². The van der Waals surface area contributed by atoms with Crippen molar-refractivity contribution in [3.05, 3.63) is 23.8 Å². The van der Waals surface area contributed by atoms with Gasteiger partial charge in [0.15, 0.2) is 0 Å². The van der Waals surface area contributed by atoms with Gasteiger partial charge in [0.2, 0.25) is 0 Å². The lowest BCUT2D eigenvalue weighted by molar-refractivity contribution is 0.754. The van der Waals surface area contributed by atoms with Crippen molar-refractivity contribution in [2.45, 2.75) is 20.4 Å². The maximum atomic E-state index is 5.67. The van der Waals surface area contributed by atoms with E-state index in [1.54, 1.807) is 0 Å². The molecule has 66 valence electrons. The minimum Gasteiger partial charge on any atom is -0.331 e. The van der Waals surface area contributed by atoms with Crippen molar-refractivity contribution < 1.29 is 0 Å². The fourth-order valence-electron chi connectivity index (χ4n) is 1.01. The van der Waals surface area contributed by atoms with Crippen LogP contribution in [0.25, 0.3) is 6.08 Å². The van der Waals surface area contributed by atoms with Gasteiger partial charge in [-0.25, -0.2) is 4.98 Å². The fourth-order valence-corrected chi connectivity index (χ4v) is 1.08. The van der Waals surface area contributed by atoms with Crippen LogP contribution in [0.4, 0.5) is 0 Å². The average Bonchev–Trinajstić information content (AvgIpc) is 2.51. The van der Waals surface area contributed by atoms with Crippen LogP contribution >= 0.6 is 11.6 Å². The van der Waals surface area contributed by atoms with E-state index in [1.807, 2.05) is 19.4 Å². The average molecular weight is 185 g/mol. The number of hydrogen-bond donors (Lipinski definition) is 0. The third-order valence-corrected chi connectivity index (χ3v) is 2.11. The molecule has 0 aromatic carbocycles. The summed E-state index contributed by atoms with van der Waals surface area (Å²) in [5.41, 5.74) is 2.28. The minimum absolute atomic E-state index is 0.578. The third-order valence-electron chi connectivity index (χ3n) is 1.69. The van der Waals surface area contributed by atoms with Crippen molar-refractivity contribution in [3.8, 4) is 0 Å². The number of hydrogen-bond acceptors (Lipinski definition) is 1. The maximum Gasteiger partial charge on any atom is 0.0950 e. The molecule has 0 aliphatic carbocycles. The fraction of sp³-hybridized carbons (Fsp3) is 0.444. The lowest BCUT2D eigenvalue weighted by atomic mass is 10.3. The molecule has 0 amide bonds. The molecule has 1 heterocycles. The Hall–Kier alpha value is -0.760. The van der Waals surface area contributed by atoms with Gasteiger partial charge in [0.1, 0.15) is 0 Å². The predicted octanol–water partition coefficient (Wildman–Crippen LogP) is 2.55. The lowest BCUT2D eigenvalue weighted by Crippen LogP contribution is -1.94. The summed E-state index contributed by atoms with van der Waals surface area (Å²) >= 11 is 5.67. The zero-order valence-corrected chi connectivity index (χ0v) is 8.17. The molecule has 1 aromatic heterocycles. The van der Waals surface area contributed by atoms with Gasteiger partial charge in [0.25, 0.3) is 0 Å². The number of aromatic nitrogens is 2. The molecule has 0 saturated heterocycles. The van der Waals surface area contributed by atoms with Gasteiger partial charge in [-0.05, 0) is 19.9 Å². The Morgan fingerprint density at radius 2 is 2.50 bits per heavy atom. The molecule has 1 rings (SSSR count). The molecule has 0 spiro atoms. The van der Waals surface area contributed by atoms with E-state index in [4.69, 9.17) is 11.6 Å². The number of alkyl halides is 1. The van der Waals surface area contributed by atoms with Crippen LogP contribution < -0.4 is 0 Å². The van der Waals surface area contributed by atoms with Crippen molar-refractivity contribution in [1.29, 1.82) is 0 Å². The van der Waals surface area contributed by atoms with Gasteiger partial charge in [0.05, 0.1) is 18.2 Å². The molecular weight excluding hydrogens is 172 g/mol. The first-order valence-electron chi connectivity index (χ1n) is 4.01. The Morgan fingerprint density at radius 3 is 3.08 bits per heavy atom. The number of halogens is 1. The largest absolute Gasteiger partial charge is 0.331 e. The molecule has 2 nitrogen and oxygen atoms in total. The molecular formula is C9H13ClN2. The summed E-state index contributed by atoms with van der Waals surface area (Å²) in [5.74, 6) is 0.578. The van der Waals surface area contributed by atoms with Gasteiger partial charge in [-0.2, -0.15) is 0 Å². The smallest absolute Gasteiger partial charge is 0.0950 e. The predicted molar refractivity (Wildman–Crippen MR) is 52.3 cm³/mol. The second kappa shape index (κ2) is 4.31. The Morgan fingerprint density at radius 1 is 1.75 bits per heavy atom. The van der Waals surface area contributed by atoms with Crippen molar-refractivity contribution in [1.82, 2.24) is 9.55 Å². The highest BCUT2D eigenvalue weighted by Crippen LogP contribution is 2.07. The van der Waals surface area contributed by atoms with E-state index >= 15 is 0 Å². The van der Waals surface area contributed by atoms with Gasteiger partial charge >= 0.3 is 0 Å². The van der Waals surface area contributed by atoms with Crippen LogP contribution in [0.2, 0.25) is 0 Å². The molecule has 0 atom stereocenters. The van der Waals surface area contributed by atoms with Crippen molar-refractivity contribution in [2.24, 2.45) is 0 Å². The zero-order chi connectivity index (χ0) is 8.97. The van der Waals surface area contributed by atoms with Crippen LogP contribution in [0, 0.1) is 0 Å². The molecule has 0 aliphatic heterocycles. The Kier molecular flexibility index (Phi) is 3.35. The highest BCUT2D eigenvalue weighted by molar-refractivity contribution is 6.19. The quantitative estimate of drug-likeness (QED) is 0.661. The summed E-state index contributed by atoms with van der Waals surface area (Å²) in [6.45, 7) is 5.05. The second-order valence-corrected chi connectivity index (χ2v) is 3.00. The molecule has 0 radical (unpaired) electrons. The van der Waals surface area contributed by atoms with Crippen LogP contribution in [-0.2, 0) is 6.54 Å². The number of imidazole rings is 1. The Bertz CT molecular complexity index is 276. The monoisotopic (exact) mass is 184 g/mol. The maximum absolute atomic E-state index is 5.67. The van der Waals surface area contributed by atoms with E-state index in [1.165, 1.54) is 0 Å². The van der Waals surface area contributed by atoms with Gasteiger partial charge in [-0.1, -0.05) is 5.57 Å². The van der Waals surface area contributed by atoms with Crippen LogP contribution in [0.5, 0.6) is 0 Å². The second-order valence-electron chi connectivity index (χ2n) is 2.73. The van der Waals surface area contributed by atoms with Crippen molar-refractivity contribution in [3.63, 3.8) is 0 Å². The molecule has 0 saturated carbocycles. The molecule has 0 aliphatic rings. The van der Waals surface area contributed by atoms with Gasteiger partial charge in [0, 0.05) is 12.4 Å². The van der Waals surface area contributed by atoms with E-state index in [-0.39, 0.29) is 0 Å². The van der Waals surface area contributed by atoms with Crippen LogP contribution in [0.3, 0.4) is 0 Å². The van der Waals surface area contributed by atoms with E-state index in [2.05, 4.69) is 22.6 Å². The van der Waals surface area contributed by atoms with E-state index < -0.39 is 0 Å². The Labute approximate surface area is 77.9 Å². The van der Waals surface area contributed by atoms with Gasteiger partial charge in [-0.3, -0.25) is 0 Å². The third kappa shape index (κ3) is 2.11. The number of allylic oxidation sites excluding steroid dienone is 1.